The number of benzene rings is 1. The first-order chi connectivity index (χ1) is 6.83. The lowest BCUT2D eigenvalue weighted by Gasteiger charge is -2.01. The number of rotatable bonds is 2. The molecule has 1 unspecified atom stereocenters. The van der Waals surface area contributed by atoms with E-state index >= 15 is 0 Å². The van der Waals surface area contributed by atoms with E-state index in [1.165, 1.54) is 36.0 Å². The van der Waals surface area contributed by atoms with Gasteiger partial charge in [-0.2, -0.15) is 5.26 Å². The summed E-state index contributed by atoms with van der Waals surface area (Å²) in [5.74, 6) is 0.835. The summed E-state index contributed by atoms with van der Waals surface area (Å²) in [6, 6.07) is 8.72. The van der Waals surface area contributed by atoms with Crippen LogP contribution in [0.3, 0.4) is 0 Å². The summed E-state index contributed by atoms with van der Waals surface area (Å²) < 4.78 is 0. The summed E-state index contributed by atoms with van der Waals surface area (Å²) in [4.78, 5) is 0. The number of nitriles is 1. The fraction of sp³-hybridized carbons (Fsp3) is 0.462. The Bertz CT molecular complexity index is 373. The van der Waals surface area contributed by atoms with E-state index in [1.807, 2.05) is 0 Å². The van der Waals surface area contributed by atoms with Crippen molar-refractivity contribution >= 4 is 0 Å². The molecular formula is C13H15N. The minimum atomic E-state index is 0.546. The van der Waals surface area contributed by atoms with Gasteiger partial charge in [0.05, 0.1) is 12.5 Å². The predicted molar refractivity (Wildman–Crippen MR) is 56.9 cm³/mol. The van der Waals surface area contributed by atoms with Crippen LogP contribution in [0.15, 0.2) is 18.2 Å². The standard InChI is InChI=1S/C13H15N/c1-2-10-7-12-4-3-11(5-6-14)9-13(12)8-10/h3-4,9-10H,2,5,7-8H2,1H3. The molecule has 0 saturated heterocycles. The highest BCUT2D eigenvalue weighted by Crippen LogP contribution is 2.29. The molecule has 1 atom stereocenters. The van der Waals surface area contributed by atoms with Crippen molar-refractivity contribution in [1.29, 1.82) is 5.26 Å². The van der Waals surface area contributed by atoms with Crippen molar-refractivity contribution in [3.8, 4) is 6.07 Å². The topological polar surface area (TPSA) is 23.8 Å². The van der Waals surface area contributed by atoms with Crippen LogP contribution < -0.4 is 0 Å². The van der Waals surface area contributed by atoms with Crippen molar-refractivity contribution < 1.29 is 0 Å². The van der Waals surface area contributed by atoms with E-state index in [0.717, 1.165) is 5.92 Å². The fourth-order valence-electron chi connectivity index (χ4n) is 2.25. The highest BCUT2D eigenvalue weighted by atomic mass is 14.3. The Kier molecular flexibility index (Phi) is 2.54. The first kappa shape index (κ1) is 9.27. The summed E-state index contributed by atoms with van der Waals surface area (Å²) in [5, 5.41) is 8.62. The summed E-state index contributed by atoms with van der Waals surface area (Å²) in [6.07, 6.45) is 4.26. The van der Waals surface area contributed by atoms with Crippen LogP contribution in [0, 0.1) is 17.2 Å². The molecule has 2 rings (SSSR count). The molecule has 1 aliphatic carbocycles. The van der Waals surface area contributed by atoms with Gasteiger partial charge in [-0.25, -0.2) is 0 Å². The van der Waals surface area contributed by atoms with Crippen molar-refractivity contribution in [3.63, 3.8) is 0 Å². The van der Waals surface area contributed by atoms with Crippen molar-refractivity contribution in [2.45, 2.75) is 32.6 Å². The van der Waals surface area contributed by atoms with Gasteiger partial charge in [-0.15, -0.1) is 0 Å². The molecule has 0 N–H and O–H groups in total. The maximum Gasteiger partial charge on any atom is 0.0669 e. The third kappa shape index (κ3) is 1.65. The minimum absolute atomic E-state index is 0.546. The van der Waals surface area contributed by atoms with Gasteiger partial charge in [0.15, 0.2) is 0 Å². The molecule has 0 aromatic heterocycles. The van der Waals surface area contributed by atoms with Crippen LogP contribution in [0.1, 0.15) is 30.0 Å². The first-order valence-corrected chi connectivity index (χ1v) is 5.31. The van der Waals surface area contributed by atoms with Crippen LogP contribution in [0.2, 0.25) is 0 Å². The lowest BCUT2D eigenvalue weighted by atomic mass is 10.0. The molecule has 0 amide bonds. The van der Waals surface area contributed by atoms with Gasteiger partial charge in [-0.05, 0) is 35.4 Å². The Balaban J connectivity index is 2.23. The summed E-state index contributed by atoms with van der Waals surface area (Å²) >= 11 is 0. The molecule has 72 valence electrons. The second-order valence-electron chi connectivity index (χ2n) is 4.12. The van der Waals surface area contributed by atoms with Gasteiger partial charge in [0.2, 0.25) is 0 Å². The van der Waals surface area contributed by atoms with Gasteiger partial charge in [0, 0.05) is 0 Å². The maximum absolute atomic E-state index is 8.62. The van der Waals surface area contributed by atoms with E-state index in [2.05, 4.69) is 31.2 Å². The van der Waals surface area contributed by atoms with Gasteiger partial charge in [-0.3, -0.25) is 0 Å². The van der Waals surface area contributed by atoms with Crippen molar-refractivity contribution in [2.24, 2.45) is 5.92 Å². The molecule has 1 aromatic rings. The lowest BCUT2D eigenvalue weighted by molar-refractivity contribution is 0.543. The molecule has 0 aliphatic heterocycles. The zero-order valence-corrected chi connectivity index (χ0v) is 8.59. The molecule has 0 radical (unpaired) electrons. The number of nitrogens with zero attached hydrogens (tertiary/aromatic N) is 1. The normalized spacial score (nSPS) is 19.0. The average Bonchev–Trinajstić information content (AvgIpc) is 2.60. The first-order valence-electron chi connectivity index (χ1n) is 5.31. The van der Waals surface area contributed by atoms with Crippen LogP contribution in [-0.2, 0) is 19.3 Å². The van der Waals surface area contributed by atoms with Crippen molar-refractivity contribution in [3.05, 3.63) is 34.9 Å². The molecule has 0 spiro atoms. The monoisotopic (exact) mass is 185 g/mol. The molecule has 0 saturated carbocycles. The molecule has 1 heteroatoms. The van der Waals surface area contributed by atoms with Gasteiger partial charge in [0.1, 0.15) is 0 Å². The Hall–Kier alpha value is -1.29. The zero-order valence-electron chi connectivity index (χ0n) is 8.59. The molecule has 0 fully saturated rings. The summed E-state index contributed by atoms with van der Waals surface area (Å²) in [6.45, 7) is 2.26. The van der Waals surface area contributed by atoms with E-state index in [-0.39, 0.29) is 0 Å². The molecule has 1 aromatic carbocycles. The lowest BCUT2D eigenvalue weighted by Crippen LogP contribution is -1.95. The molecule has 0 bridgehead atoms. The average molecular weight is 185 g/mol. The highest BCUT2D eigenvalue weighted by molar-refractivity contribution is 5.37. The van der Waals surface area contributed by atoms with Gasteiger partial charge in [0.25, 0.3) is 0 Å². The van der Waals surface area contributed by atoms with Gasteiger partial charge in [-0.1, -0.05) is 31.5 Å². The molecule has 1 aliphatic rings. The number of hydrogen-bond acceptors (Lipinski definition) is 1. The molecule has 14 heavy (non-hydrogen) atoms. The highest BCUT2D eigenvalue weighted by Gasteiger charge is 2.19. The third-order valence-electron chi connectivity index (χ3n) is 3.15. The van der Waals surface area contributed by atoms with Crippen molar-refractivity contribution in [1.82, 2.24) is 0 Å². The molecule has 1 nitrogen and oxygen atoms in total. The van der Waals surface area contributed by atoms with E-state index < -0.39 is 0 Å². The minimum Gasteiger partial charge on any atom is -0.198 e. The third-order valence-corrected chi connectivity index (χ3v) is 3.15. The second kappa shape index (κ2) is 3.84. The number of hydrogen-bond donors (Lipinski definition) is 0. The zero-order chi connectivity index (χ0) is 9.97. The van der Waals surface area contributed by atoms with Crippen LogP contribution in [0.4, 0.5) is 0 Å². The fourth-order valence-corrected chi connectivity index (χ4v) is 2.25. The Morgan fingerprint density at radius 3 is 2.86 bits per heavy atom. The van der Waals surface area contributed by atoms with E-state index in [9.17, 15) is 0 Å². The largest absolute Gasteiger partial charge is 0.198 e. The Morgan fingerprint density at radius 1 is 1.36 bits per heavy atom. The maximum atomic E-state index is 8.62. The SMILES string of the molecule is CCC1Cc2ccc(CC#N)cc2C1. The smallest absolute Gasteiger partial charge is 0.0669 e. The van der Waals surface area contributed by atoms with E-state index in [4.69, 9.17) is 5.26 Å². The molecular weight excluding hydrogens is 170 g/mol. The van der Waals surface area contributed by atoms with E-state index in [0.29, 0.717) is 6.42 Å². The summed E-state index contributed by atoms with van der Waals surface area (Å²) in [5.41, 5.74) is 4.14. The van der Waals surface area contributed by atoms with Gasteiger partial charge < -0.3 is 0 Å². The Morgan fingerprint density at radius 2 is 2.14 bits per heavy atom. The quantitative estimate of drug-likeness (QED) is 0.695. The molecule has 0 heterocycles. The Labute approximate surface area is 85.4 Å². The predicted octanol–water partition coefficient (Wildman–Crippen LogP) is 2.88. The van der Waals surface area contributed by atoms with Crippen LogP contribution in [-0.4, -0.2) is 0 Å². The second-order valence-corrected chi connectivity index (χ2v) is 4.12. The van der Waals surface area contributed by atoms with E-state index in [1.54, 1.807) is 0 Å². The van der Waals surface area contributed by atoms with Crippen LogP contribution in [0.5, 0.6) is 0 Å². The van der Waals surface area contributed by atoms with Crippen LogP contribution in [0.25, 0.3) is 0 Å². The summed E-state index contributed by atoms with van der Waals surface area (Å²) in [7, 11) is 0. The van der Waals surface area contributed by atoms with Crippen molar-refractivity contribution in [2.75, 3.05) is 0 Å². The number of fused-ring (bicyclic) bond motifs is 1. The van der Waals surface area contributed by atoms with Crippen LogP contribution >= 0.6 is 0 Å². The van der Waals surface area contributed by atoms with Gasteiger partial charge >= 0.3 is 0 Å².